The quantitative estimate of drug-likeness (QED) is 0.651. The minimum absolute atomic E-state index is 0.177. The van der Waals surface area contributed by atoms with Crippen molar-refractivity contribution in [3.63, 3.8) is 0 Å². The van der Waals surface area contributed by atoms with Crippen LogP contribution in [-0.4, -0.2) is 54.2 Å². The molecule has 128 valence electrons. The zero-order valence-electron chi connectivity index (χ0n) is 12.9. The summed E-state index contributed by atoms with van der Waals surface area (Å²) in [5, 5.41) is 3.55. The van der Waals surface area contributed by atoms with Crippen LogP contribution in [0.5, 0.6) is 0 Å². The first-order valence-electron chi connectivity index (χ1n) is 7.71. The molecule has 3 rings (SSSR count). The molecule has 1 N–H and O–H groups in total. The Labute approximate surface area is 149 Å². The van der Waals surface area contributed by atoms with Gasteiger partial charge in [-0.15, -0.1) is 0 Å². The number of carbonyl (C=O) groups excluding carboxylic acids is 3. The Hall–Kier alpha value is -1.79. The van der Waals surface area contributed by atoms with E-state index in [4.69, 9.17) is 23.2 Å². The molecule has 2 fully saturated rings. The van der Waals surface area contributed by atoms with Crippen molar-refractivity contribution in [1.82, 2.24) is 9.80 Å². The number of rotatable bonds is 4. The third kappa shape index (κ3) is 3.21. The lowest BCUT2D eigenvalue weighted by Crippen LogP contribution is -2.52. The Morgan fingerprint density at radius 3 is 2.38 bits per heavy atom. The number of anilines is 1. The van der Waals surface area contributed by atoms with E-state index in [0.29, 0.717) is 54.8 Å². The van der Waals surface area contributed by atoms with Crippen molar-refractivity contribution in [3.05, 3.63) is 28.2 Å². The van der Waals surface area contributed by atoms with E-state index in [9.17, 15) is 14.4 Å². The second kappa shape index (κ2) is 6.61. The molecule has 1 aliphatic heterocycles. The zero-order valence-corrected chi connectivity index (χ0v) is 14.4. The van der Waals surface area contributed by atoms with Crippen LogP contribution in [0.1, 0.15) is 12.8 Å². The molecule has 0 spiro atoms. The zero-order chi connectivity index (χ0) is 17.3. The van der Waals surface area contributed by atoms with Gasteiger partial charge < -0.3 is 15.1 Å². The van der Waals surface area contributed by atoms with Gasteiger partial charge in [-0.1, -0.05) is 23.2 Å². The molecule has 1 heterocycles. The van der Waals surface area contributed by atoms with E-state index >= 15 is 0 Å². The van der Waals surface area contributed by atoms with E-state index in [1.165, 1.54) is 0 Å². The van der Waals surface area contributed by atoms with Crippen molar-refractivity contribution in [2.45, 2.75) is 12.8 Å². The lowest BCUT2D eigenvalue weighted by Gasteiger charge is -2.34. The van der Waals surface area contributed by atoms with Crippen LogP contribution in [0, 0.1) is 5.41 Å². The fraction of sp³-hybridized carbons (Fsp3) is 0.438. The van der Waals surface area contributed by atoms with E-state index in [0.717, 1.165) is 6.41 Å². The van der Waals surface area contributed by atoms with Gasteiger partial charge >= 0.3 is 0 Å². The molecule has 0 atom stereocenters. The molecular weight excluding hydrogens is 353 g/mol. The smallest absolute Gasteiger partial charge is 0.240 e. The maximum atomic E-state index is 12.8. The normalized spacial score (nSPS) is 18.9. The summed E-state index contributed by atoms with van der Waals surface area (Å²) in [6.45, 7) is 1.88. The van der Waals surface area contributed by atoms with Crippen molar-refractivity contribution in [2.24, 2.45) is 5.41 Å². The van der Waals surface area contributed by atoms with Crippen LogP contribution in [0.25, 0.3) is 0 Å². The fourth-order valence-electron chi connectivity index (χ4n) is 2.83. The second-order valence-corrected chi connectivity index (χ2v) is 6.94. The molecule has 1 aromatic rings. The highest BCUT2D eigenvalue weighted by Crippen LogP contribution is 2.48. The number of hydrogen-bond acceptors (Lipinski definition) is 3. The average molecular weight is 370 g/mol. The molecule has 1 saturated carbocycles. The molecule has 2 aliphatic rings. The first-order valence-corrected chi connectivity index (χ1v) is 8.47. The van der Waals surface area contributed by atoms with Gasteiger partial charge in [-0.05, 0) is 31.0 Å². The van der Waals surface area contributed by atoms with Gasteiger partial charge in [0.1, 0.15) is 5.41 Å². The van der Waals surface area contributed by atoms with Crippen LogP contribution in [-0.2, 0) is 14.4 Å². The van der Waals surface area contributed by atoms with Gasteiger partial charge in [0.2, 0.25) is 18.2 Å². The number of nitrogens with zero attached hydrogens (tertiary/aromatic N) is 2. The summed E-state index contributed by atoms with van der Waals surface area (Å²) >= 11 is 12.0. The summed E-state index contributed by atoms with van der Waals surface area (Å²) in [6.07, 6.45) is 1.82. The first-order chi connectivity index (χ1) is 11.5. The SMILES string of the molecule is O=CN1CCN(C(=O)C2(C(=O)Nc3cc(Cl)ccc3Cl)CC2)CC1. The Morgan fingerprint density at radius 2 is 1.79 bits per heavy atom. The van der Waals surface area contributed by atoms with Crippen molar-refractivity contribution >= 4 is 47.1 Å². The first kappa shape index (κ1) is 17.0. The molecule has 0 radical (unpaired) electrons. The molecular formula is C16H17Cl2N3O3. The lowest BCUT2D eigenvalue weighted by molar-refractivity contribution is -0.144. The molecule has 24 heavy (non-hydrogen) atoms. The Morgan fingerprint density at radius 1 is 1.12 bits per heavy atom. The standard InChI is InChI=1S/C16H17Cl2N3O3/c17-11-1-2-12(18)13(9-11)19-14(23)16(3-4-16)15(24)21-7-5-20(10-22)6-8-21/h1-2,9-10H,3-8H2,(H,19,23). The van der Waals surface area contributed by atoms with Crippen LogP contribution in [0.2, 0.25) is 10.0 Å². The second-order valence-electron chi connectivity index (χ2n) is 6.09. The van der Waals surface area contributed by atoms with Crippen molar-refractivity contribution in [2.75, 3.05) is 31.5 Å². The van der Waals surface area contributed by atoms with Gasteiger partial charge in [-0.25, -0.2) is 0 Å². The summed E-state index contributed by atoms with van der Waals surface area (Å²) in [6, 6.07) is 4.79. The molecule has 1 aliphatic carbocycles. The summed E-state index contributed by atoms with van der Waals surface area (Å²) < 4.78 is 0. The van der Waals surface area contributed by atoms with Gasteiger partial charge in [0.05, 0.1) is 10.7 Å². The summed E-state index contributed by atoms with van der Waals surface area (Å²) in [7, 11) is 0. The molecule has 1 aromatic carbocycles. The highest BCUT2D eigenvalue weighted by Gasteiger charge is 2.58. The van der Waals surface area contributed by atoms with Crippen LogP contribution < -0.4 is 5.32 Å². The minimum atomic E-state index is -1.02. The van der Waals surface area contributed by atoms with Gasteiger partial charge in [0.25, 0.3) is 0 Å². The summed E-state index contributed by atoms with van der Waals surface area (Å²) in [5.74, 6) is -0.529. The summed E-state index contributed by atoms with van der Waals surface area (Å²) in [5.41, 5.74) is -0.617. The monoisotopic (exact) mass is 369 g/mol. The molecule has 0 unspecified atom stereocenters. The van der Waals surface area contributed by atoms with Gasteiger partial charge in [0, 0.05) is 31.2 Å². The number of halogens is 2. The van der Waals surface area contributed by atoms with E-state index in [1.807, 2.05) is 0 Å². The highest BCUT2D eigenvalue weighted by atomic mass is 35.5. The van der Waals surface area contributed by atoms with Gasteiger partial charge in [0.15, 0.2) is 0 Å². The van der Waals surface area contributed by atoms with Gasteiger partial charge in [-0.3, -0.25) is 14.4 Å². The molecule has 0 bridgehead atoms. The number of nitrogens with one attached hydrogen (secondary N) is 1. The lowest BCUT2D eigenvalue weighted by atomic mass is 10.0. The molecule has 8 heteroatoms. The number of benzene rings is 1. The van der Waals surface area contributed by atoms with E-state index in [2.05, 4.69) is 5.32 Å². The third-order valence-corrected chi connectivity index (χ3v) is 5.09. The molecule has 0 aromatic heterocycles. The Kier molecular flexibility index (Phi) is 4.69. The maximum absolute atomic E-state index is 12.8. The van der Waals surface area contributed by atoms with E-state index in [1.54, 1.807) is 28.0 Å². The predicted molar refractivity (Wildman–Crippen MR) is 91.0 cm³/mol. The van der Waals surface area contributed by atoms with Crippen molar-refractivity contribution in [1.29, 1.82) is 0 Å². The number of carbonyl (C=O) groups is 3. The number of piperazine rings is 1. The Balaban J connectivity index is 1.69. The van der Waals surface area contributed by atoms with Crippen LogP contribution in [0.15, 0.2) is 18.2 Å². The maximum Gasteiger partial charge on any atom is 0.240 e. The Bertz CT molecular complexity index is 683. The van der Waals surface area contributed by atoms with Crippen molar-refractivity contribution in [3.8, 4) is 0 Å². The third-order valence-electron chi connectivity index (χ3n) is 4.52. The average Bonchev–Trinajstić information content (AvgIpc) is 3.39. The summed E-state index contributed by atoms with van der Waals surface area (Å²) in [4.78, 5) is 39.4. The number of amides is 3. The molecule has 1 saturated heterocycles. The van der Waals surface area contributed by atoms with Crippen molar-refractivity contribution < 1.29 is 14.4 Å². The largest absolute Gasteiger partial charge is 0.342 e. The van der Waals surface area contributed by atoms with Gasteiger partial charge in [-0.2, -0.15) is 0 Å². The van der Waals surface area contributed by atoms with E-state index in [-0.39, 0.29) is 11.8 Å². The van der Waals surface area contributed by atoms with Crippen LogP contribution in [0.3, 0.4) is 0 Å². The number of hydrogen-bond donors (Lipinski definition) is 1. The van der Waals surface area contributed by atoms with E-state index < -0.39 is 5.41 Å². The van der Waals surface area contributed by atoms with Crippen LogP contribution in [0.4, 0.5) is 5.69 Å². The molecule has 3 amide bonds. The minimum Gasteiger partial charge on any atom is -0.342 e. The fourth-order valence-corrected chi connectivity index (χ4v) is 3.17. The topological polar surface area (TPSA) is 69.7 Å². The van der Waals surface area contributed by atoms with Crippen LogP contribution >= 0.6 is 23.2 Å². The predicted octanol–water partition coefficient (Wildman–Crippen LogP) is 2.01. The molecule has 6 nitrogen and oxygen atoms in total. The highest BCUT2D eigenvalue weighted by molar-refractivity contribution is 6.36.